The molecule has 4 rings (SSSR count). The molecule has 0 aliphatic carbocycles. The average molecular weight is 427 g/mol. The summed E-state index contributed by atoms with van der Waals surface area (Å²) in [4.78, 5) is 14.4. The number of hydrogen-bond acceptors (Lipinski definition) is 7. The summed E-state index contributed by atoms with van der Waals surface area (Å²) in [5, 5.41) is 0.912. The Bertz CT molecular complexity index is 1220. The quantitative estimate of drug-likeness (QED) is 0.492. The molecule has 0 saturated carbocycles. The zero-order valence-corrected chi connectivity index (χ0v) is 18.1. The van der Waals surface area contributed by atoms with E-state index in [1.54, 1.807) is 19.5 Å². The summed E-state index contributed by atoms with van der Waals surface area (Å²) in [6.07, 6.45) is 3.37. The van der Waals surface area contributed by atoms with Gasteiger partial charge in [-0.05, 0) is 29.7 Å². The minimum Gasteiger partial charge on any atom is -0.396 e. The maximum atomic E-state index is 12.7. The highest BCUT2D eigenvalue weighted by molar-refractivity contribution is 7.87. The number of nitrogen functional groups attached to an aromatic ring is 1. The van der Waals surface area contributed by atoms with Crippen LogP contribution in [0.5, 0.6) is 0 Å². The molecule has 8 heteroatoms. The molecule has 1 aromatic carbocycles. The van der Waals surface area contributed by atoms with Crippen LogP contribution in [0.15, 0.2) is 40.9 Å². The van der Waals surface area contributed by atoms with Crippen LogP contribution in [0.2, 0.25) is 0 Å². The Kier molecular flexibility index (Phi) is 5.58. The van der Waals surface area contributed by atoms with Gasteiger partial charge in [0.25, 0.3) is 0 Å². The number of thiophene rings is 1. The van der Waals surface area contributed by atoms with Crippen LogP contribution in [0.25, 0.3) is 32.5 Å². The maximum Gasteiger partial charge on any atom is 0.127 e. The topological polar surface area (TPSA) is 91.0 Å². The van der Waals surface area contributed by atoms with Crippen LogP contribution in [0.4, 0.5) is 5.69 Å². The van der Waals surface area contributed by atoms with Gasteiger partial charge in [0, 0.05) is 30.5 Å². The van der Waals surface area contributed by atoms with Gasteiger partial charge in [0.15, 0.2) is 0 Å². The van der Waals surface area contributed by atoms with E-state index in [1.807, 2.05) is 18.2 Å². The second-order valence-corrected chi connectivity index (χ2v) is 9.80. The molecule has 0 radical (unpaired) electrons. The Labute approximate surface area is 175 Å². The Morgan fingerprint density at radius 2 is 1.93 bits per heavy atom. The number of hydrogen-bond donors (Lipinski definition) is 1. The van der Waals surface area contributed by atoms with Gasteiger partial charge in [0.2, 0.25) is 0 Å². The third-order valence-electron chi connectivity index (χ3n) is 4.76. The third-order valence-corrected chi connectivity index (χ3v) is 7.63. The number of pyridine rings is 1. The lowest BCUT2D eigenvalue weighted by Gasteiger charge is -2.11. The molecule has 3 heterocycles. The van der Waals surface area contributed by atoms with E-state index in [0.29, 0.717) is 22.3 Å². The van der Waals surface area contributed by atoms with Crippen LogP contribution in [0, 0.1) is 0 Å². The van der Waals surface area contributed by atoms with E-state index in [0.717, 1.165) is 38.1 Å². The van der Waals surface area contributed by atoms with Gasteiger partial charge >= 0.3 is 0 Å². The SMILES string of the molecule is COCC[S@](=O)c1sc2nc(-c3ccc4nccnc4c3)cc(C(C)C)c2c1N. The zero-order chi connectivity index (χ0) is 20.5. The molecule has 4 aromatic rings. The van der Waals surface area contributed by atoms with Crippen LogP contribution in [0.1, 0.15) is 25.3 Å². The Morgan fingerprint density at radius 1 is 1.17 bits per heavy atom. The summed E-state index contributed by atoms with van der Waals surface area (Å²) >= 11 is 1.41. The van der Waals surface area contributed by atoms with Crippen molar-refractivity contribution in [1.29, 1.82) is 0 Å². The van der Waals surface area contributed by atoms with Crippen LogP contribution >= 0.6 is 11.3 Å². The summed E-state index contributed by atoms with van der Waals surface area (Å²) in [5.41, 5.74) is 11.6. The second-order valence-electron chi connectivity index (χ2n) is 7.04. The van der Waals surface area contributed by atoms with E-state index in [2.05, 4.69) is 29.9 Å². The molecular weight excluding hydrogens is 404 g/mol. The monoisotopic (exact) mass is 426 g/mol. The molecule has 0 spiro atoms. The number of benzene rings is 1. The van der Waals surface area contributed by atoms with E-state index in [-0.39, 0.29) is 5.92 Å². The molecule has 0 fully saturated rings. The number of fused-ring (bicyclic) bond motifs is 2. The Hall–Kier alpha value is -2.42. The Morgan fingerprint density at radius 3 is 2.66 bits per heavy atom. The van der Waals surface area contributed by atoms with Gasteiger partial charge < -0.3 is 10.5 Å². The van der Waals surface area contributed by atoms with E-state index in [9.17, 15) is 4.21 Å². The van der Waals surface area contributed by atoms with Crippen molar-refractivity contribution in [2.75, 3.05) is 25.2 Å². The number of nitrogens with zero attached hydrogens (tertiary/aromatic N) is 3. The summed E-state index contributed by atoms with van der Waals surface area (Å²) in [5.74, 6) is 0.664. The minimum absolute atomic E-state index is 0.247. The van der Waals surface area contributed by atoms with Gasteiger partial charge in [0.1, 0.15) is 9.04 Å². The van der Waals surface area contributed by atoms with E-state index in [4.69, 9.17) is 15.5 Å². The van der Waals surface area contributed by atoms with Crippen molar-refractivity contribution in [2.45, 2.75) is 24.0 Å². The molecule has 0 bridgehead atoms. The molecular formula is C21H22N4O2S2. The van der Waals surface area contributed by atoms with Crippen molar-refractivity contribution in [1.82, 2.24) is 15.0 Å². The summed E-state index contributed by atoms with van der Waals surface area (Å²) in [7, 11) is 0.393. The lowest BCUT2D eigenvalue weighted by atomic mass is 9.97. The van der Waals surface area contributed by atoms with Gasteiger partial charge in [-0.15, -0.1) is 11.3 Å². The van der Waals surface area contributed by atoms with Crippen molar-refractivity contribution in [3.8, 4) is 11.3 Å². The summed E-state index contributed by atoms with van der Waals surface area (Å²) in [6, 6.07) is 8.03. The molecule has 6 nitrogen and oxygen atoms in total. The van der Waals surface area contributed by atoms with Crippen molar-refractivity contribution in [3.63, 3.8) is 0 Å². The van der Waals surface area contributed by atoms with Gasteiger partial charge in [-0.1, -0.05) is 19.9 Å². The predicted octanol–water partition coefficient (Wildman–Crippen LogP) is 4.37. The number of methoxy groups -OCH3 is 1. The lowest BCUT2D eigenvalue weighted by Crippen LogP contribution is -2.05. The smallest absolute Gasteiger partial charge is 0.127 e. The van der Waals surface area contributed by atoms with Gasteiger partial charge in [-0.3, -0.25) is 14.2 Å². The highest BCUT2D eigenvalue weighted by Gasteiger charge is 2.21. The zero-order valence-electron chi connectivity index (χ0n) is 16.5. The average Bonchev–Trinajstić information content (AvgIpc) is 3.07. The van der Waals surface area contributed by atoms with Gasteiger partial charge in [0.05, 0.1) is 45.6 Å². The molecule has 0 saturated heterocycles. The number of ether oxygens (including phenoxy) is 1. The highest BCUT2D eigenvalue weighted by atomic mass is 32.2. The van der Waals surface area contributed by atoms with Crippen LogP contribution in [-0.2, 0) is 15.5 Å². The first kappa shape index (κ1) is 19.9. The van der Waals surface area contributed by atoms with Crippen LogP contribution in [-0.4, -0.2) is 38.6 Å². The first-order valence-corrected chi connectivity index (χ1v) is 11.4. The van der Waals surface area contributed by atoms with E-state index >= 15 is 0 Å². The van der Waals surface area contributed by atoms with Crippen molar-refractivity contribution in [3.05, 3.63) is 42.2 Å². The molecule has 150 valence electrons. The summed E-state index contributed by atoms with van der Waals surface area (Å²) in [6.45, 7) is 4.68. The predicted molar refractivity (Wildman–Crippen MR) is 120 cm³/mol. The van der Waals surface area contributed by atoms with E-state index in [1.165, 1.54) is 11.3 Å². The standard InChI is InChI=1S/C21H22N4O2S2/c1-12(2)14-11-16(13-4-5-15-17(10-13)24-7-6-23-15)25-20-18(14)19(22)21(28-20)29(26)9-8-27-3/h4-7,10-12H,8-9,22H2,1-3H3/t29-/m0/s1. The second kappa shape index (κ2) is 8.14. The lowest BCUT2D eigenvalue weighted by molar-refractivity contribution is 0.218. The third kappa shape index (κ3) is 3.75. The highest BCUT2D eigenvalue weighted by Crippen LogP contribution is 2.41. The molecule has 1 atom stereocenters. The fraction of sp³-hybridized carbons (Fsp3) is 0.286. The first-order chi connectivity index (χ1) is 14.0. The normalized spacial score (nSPS) is 12.8. The molecule has 2 N–H and O–H groups in total. The molecule has 3 aromatic heterocycles. The minimum atomic E-state index is -1.21. The largest absolute Gasteiger partial charge is 0.396 e. The van der Waals surface area contributed by atoms with Gasteiger partial charge in [-0.2, -0.15) is 0 Å². The fourth-order valence-corrected chi connectivity index (χ4v) is 5.85. The molecule has 29 heavy (non-hydrogen) atoms. The van der Waals surface area contributed by atoms with Crippen molar-refractivity contribution < 1.29 is 8.95 Å². The first-order valence-electron chi connectivity index (χ1n) is 9.31. The van der Waals surface area contributed by atoms with Crippen molar-refractivity contribution in [2.24, 2.45) is 0 Å². The maximum absolute atomic E-state index is 12.7. The number of nitrogens with two attached hydrogens (primary N) is 1. The van der Waals surface area contributed by atoms with Crippen LogP contribution < -0.4 is 5.73 Å². The van der Waals surface area contributed by atoms with Gasteiger partial charge in [-0.25, -0.2) is 4.98 Å². The number of rotatable bonds is 6. The molecule has 0 amide bonds. The molecule has 0 aliphatic heterocycles. The number of aromatic nitrogens is 3. The Balaban J connectivity index is 1.88. The van der Waals surface area contributed by atoms with E-state index < -0.39 is 10.8 Å². The van der Waals surface area contributed by atoms with Crippen LogP contribution in [0.3, 0.4) is 0 Å². The van der Waals surface area contributed by atoms with Crippen molar-refractivity contribution >= 4 is 49.1 Å². The molecule has 0 unspecified atom stereocenters. The molecule has 0 aliphatic rings. The summed E-state index contributed by atoms with van der Waals surface area (Å²) < 4.78 is 18.4. The number of anilines is 1. The fourth-order valence-electron chi connectivity index (χ4n) is 3.28.